The van der Waals surface area contributed by atoms with Crippen LogP contribution >= 0.6 is 0 Å². The lowest BCUT2D eigenvalue weighted by molar-refractivity contribution is -0.132. The van der Waals surface area contributed by atoms with E-state index in [0.717, 1.165) is 0 Å². The molecule has 0 aromatic heterocycles. The van der Waals surface area contributed by atoms with E-state index in [9.17, 15) is 4.79 Å². The quantitative estimate of drug-likeness (QED) is 0.535. The first kappa shape index (κ1) is 7.28. The van der Waals surface area contributed by atoms with Gasteiger partial charge in [-0.3, -0.25) is 4.79 Å². The number of methoxy groups -OCH3 is 1. The Kier molecular flexibility index (Phi) is 2.06. The molecule has 0 saturated heterocycles. The maximum absolute atomic E-state index is 10.9. The van der Waals surface area contributed by atoms with Gasteiger partial charge in [0.25, 0.3) is 0 Å². The normalized spacial score (nSPS) is 32.0. The Bertz CT molecular complexity index is 162. The highest BCUT2D eigenvalue weighted by Gasteiger charge is 2.26. The van der Waals surface area contributed by atoms with Crippen LogP contribution in [0.3, 0.4) is 0 Å². The minimum Gasteiger partial charge on any atom is -0.495 e. The highest BCUT2D eigenvalue weighted by atomic mass is 16.5. The van der Waals surface area contributed by atoms with Crippen LogP contribution in [0.4, 0.5) is 0 Å². The molecule has 1 aliphatic heterocycles. The molecule has 0 aliphatic carbocycles. The van der Waals surface area contributed by atoms with Crippen LogP contribution in [0.2, 0.25) is 0 Å². The third kappa shape index (κ3) is 1.19. The topological polar surface area (TPSA) is 35.5 Å². The number of hydrogen-bond donors (Lipinski definition) is 0. The van der Waals surface area contributed by atoms with Crippen LogP contribution in [0.15, 0.2) is 12.3 Å². The second-order valence-corrected chi connectivity index (χ2v) is 2.20. The van der Waals surface area contributed by atoms with E-state index >= 15 is 0 Å². The summed E-state index contributed by atoms with van der Waals surface area (Å²) < 4.78 is 9.92. The van der Waals surface area contributed by atoms with Crippen molar-refractivity contribution < 1.29 is 14.3 Å². The van der Waals surface area contributed by atoms with E-state index in [1.165, 1.54) is 19.4 Å². The zero-order valence-electron chi connectivity index (χ0n) is 6.03. The number of carbonyl (C=O) groups is 1. The molecule has 3 nitrogen and oxygen atoms in total. The van der Waals surface area contributed by atoms with Gasteiger partial charge in [-0.05, 0) is 6.92 Å². The van der Waals surface area contributed by atoms with E-state index in [1.54, 1.807) is 6.92 Å². The summed E-state index contributed by atoms with van der Waals surface area (Å²) in [7, 11) is 1.50. The summed E-state index contributed by atoms with van der Waals surface area (Å²) in [6.45, 7) is 1.80. The summed E-state index contributed by atoms with van der Waals surface area (Å²) >= 11 is 0. The summed E-state index contributed by atoms with van der Waals surface area (Å²) in [5.74, 6) is -0.0266. The van der Waals surface area contributed by atoms with Crippen molar-refractivity contribution in [1.29, 1.82) is 0 Å². The number of ketones is 1. The fourth-order valence-corrected chi connectivity index (χ4v) is 0.936. The second kappa shape index (κ2) is 2.84. The van der Waals surface area contributed by atoms with Gasteiger partial charge in [0.05, 0.1) is 6.26 Å². The number of carbonyl (C=O) groups excluding carboxylic acids is 1. The van der Waals surface area contributed by atoms with E-state index in [2.05, 4.69) is 0 Å². The van der Waals surface area contributed by atoms with E-state index in [1.807, 2.05) is 0 Å². The molecule has 0 aromatic rings. The SMILES string of the molecule is CO[C@@H]1C(=O)C=CO[C@H]1C. The van der Waals surface area contributed by atoms with Crippen LogP contribution in [0.25, 0.3) is 0 Å². The molecule has 0 radical (unpaired) electrons. The minimum absolute atomic E-state index is 0.0266. The zero-order chi connectivity index (χ0) is 7.56. The van der Waals surface area contributed by atoms with Crippen molar-refractivity contribution in [3.8, 4) is 0 Å². The molecule has 0 amide bonds. The molecule has 0 bridgehead atoms. The van der Waals surface area contributed by atoms with Crippen LogP contribution in [-0.2, 0) is 14.3 Å². The molecule has 0 saturated carbocycles. The highest BCUT2D eigenvalue weighted by molar-refractivity contribution is 5.94. The van der Waals surface area contributed by atoms with Gasteiger partial charge in [-0.1, -0.05) is 0 Å². The van der Waals surface area contributed by atoms with Crippen molar-refractivity contribution in [3.63, 3.8) is 0 Å². The Hall–Kier alpha value is -0.830. The fraction of sp³-hybridized carbons (Fsp3) is 0.571. The molecule has 1 aliphatic rings. The van der Waals surface area contributed by atoms with Crippen LogP contribution in [0.5, 0.6) is 0 Å². The Morgan fingerprint density at radius 3 is 2.80 bits per heavy atom. The van der Waals surface area contributed by atoms with Gasteiger partial charge < -0.3 is 9.47 Å². The molecule has 56 valence electrons. The maximum Gasteiger partial charge on any atom is 0.191 e. The third-order valence-corrected chi connectivity index (χ3v) is 1.49. The van der Waals surface area contributed by atoms with Crippen molar-refractivity contribution in [2.45, 2.75) is 19.1 Å². The van der Waals surface area contributed by atoms with Gasteiger partial charge in [-0.15, -0.1) is 0 Å². The zero-order valence-corrected chi connectivity index (χ0v) is 6.03. The van der Waals surface area contributed by atoms with Gasteiger partial charge in [0.15, 0.2) is 11.9 Å². The van der Waals surface area contributed by atoms with E-state index in [4.69, 9.17) is 9.47 Å². The van der Waals surface area contributed by atoms with E-state index < -0.39 is 6.10 Å². The third-order valence-electron chi connectivity index (χ3n) is 1.49. The number of rotatable bonds is 1. The molecule has 0 spiro atoms. The lowest BCUT2D eigenvalue weighted by Gasteiger charge is -2.22. The second-order valence-electron chi connectivity index (χ2n) is 2.20. The summed E-state index contributed by atoms with van der Waals surface area (Å²) in [6, 6.07) is 0. The van der Waals surface area contributed by atoms with E-state index in [0.29, 0.717) is 0 Å². The molecule has 0 unspecified atom stereocenters. The number of ether oxygens (including phenoxy) is 2. The van der Waals surface area contributed by atoms with Crippen molar-refractivity contribution in [2.24, 2.45) is 0 Å². The van der Waals surface area contributed by atoms with Crippen LogP contribution < -0.4 is 0 Å². The van der Waals surface area contributed by atoms with Gasteiger partial charge in [-0.2, -0.15) is 0 Å². The van der Waals surface area contributed by atoms with E-state index in [-0.39, 0.29) is 11.9 Å². The Morgan fingerprint density at radius 1 is 1.70 bits per heavy atom. The average molecular weight is 142 g/mol. The first-order chi connectivity index (χ1) is 4.75. The largest absolute Gasteiger partial charge is 0.495 e. The van der Waals surface area contributed by atoms with Gasteiger partial charge in [-0.25, -0.2) is 0 Å². The van der Waals surface area contributed by atoms with Crippen molar-refractivity contribution >= 4 is 5.78 Å². The average Bonchev–Trinajstić information content (AvgIpc) is 1.88. The summed E-state index contributed by atoms with van der Waals surface area (Å²) in [4.78, 5) is 10.9. The summed E-state index contributed by atoms with van der Waals surface area (Å²) in [6.07, 6.45) is 2.20. The lowest BCUT2D eigenvalue weighted by Crippen LogP contribution is -2.36. The molecule has 3 heteroatoms. The first-order valence-corrected chi connectivity index (χ1v) is 3.14. The molecular formula is C7H10O3. The minimum atomic E-state index is -0.426. The lowest BCUT2D eigenvalue weighted by atomic mass is 10.1. The van der Waals surface area contributed by atoms with Crippen LogP contribution in [0, 0.1) is 0 Å². The standard InChI is InChI=1S/C7H10O3/c1-5-7(9-2)6(8)3-4-10-5/h3-5,7H,1-2H3/t5-,7-/m0/s1. The van der Waals surface area contributed by atoms with Gasteiger partial charge in [0.1, 0.15) is 6.10 Å². The summed E-state index contributed by atoms with van der Waals surface area (Å²) in [5, 5.41) is 0. The van der Waals surface area contributed by atoms with Crippen molar-refractivity contribution in [2.75, 3.05) is 7.11 Å². The first-order valence-electron chi connectivity index (χ1n) is 3.14. The van der Waals surface area contributed by atoms with Crippen molar-refractivity contribution in [3.05, 3.63) is 12.3 Å². The van der Waals surface area contributed by atoms with Gasteiger partial charge >= 0.3 is 0 Å². The monoisotopic (exact) mass is 142 g/mol. The molecule has 0 aromatic carbocycles. The van der Waals surface area contributed by atoms with Crippen LogP contribution in [0.1, 0.15) is 6.92 Å². The molecule has 2 atom stereocenters. The molecule has 0 fully saturated rings. The summed E-state index contributed by atoms with van der Waals surface area (Å²) in [5.41, 5.74) is 0. The predicted octanol–water partition coefficient (Wildman–Crippen LogP) is 0.503. The predicted molar refractivity (Wildman–Crippen MR) is 35.5 cm³/mol. The molecule has 1 rings (SSSR count). The van der Waals surface area contributed by atoms with Gasteiger partial charge in [0, 0.05) is 13.2 Å². The Labute approximate surface area is 59.6 Å². The smallest absolute Gasteiger partial charge is 0.191 e. The Balaban J connectivity index is 2.68. The van der Waals surface area contributed by atoms with Crippen molar-refractivity contribution in [1.82, 2.24) is 0 Å². The van der Waals surface area contributed by atoms with Gasteiger partial charge in [0.2, 0.25) is 0 Å². The Morgan fingerprint density at radius 2 is 2.40 bits per heavy atom. The molecule has 1 heterocycles. The molecule has 0 N–H and O–H groups in total. The fourth-order valence-electron chi connectivity index (χ4n) is 0.936. The maximum atomic E-state index is 10.9. The molecule has 10 heavy (non-hydrogen) atoms. The molecular weight excluding hydrogens is 132 g/mol. The number of hydrogen-bond acceptors (Lipinski definition) is 3. The highest BCUT2D eigenvalue weighted by Crippen LogP contribution is 2.10. The van der Waals surface area contributed by atoms with Crippen LogP contribution in [-0.4, -0.2) is 25.1 Å².